The van der Waals surface area contributed by atoms with Crippen molar-refractivity contribution in [1.29, 1.82) is 0 Å². The zero-order chi connectivity index (χ0) is 13.2. The van der Waals surface area contributed by atoms with E-state index >= 15 is 0 Å². The van der Waals surface area contributed by atoms with E-state index in [9.17, 15) is 8.42 Å². The van der Waals surface area contributed by atoms with Gasteiger partial charge in [-0.25, -0.2) is 13.1 Å². The molecular weight excluding hydrogens is 338 g/mol. The van der Waals surface area contributed by atoms with Crippen LogP contribution in [0.5, 0.6) is 0 Å². The summed E-state index contributed by atoms with van der Waals surface area (Å²) in [6.07, 6.45) is 1.62. The summed E-state index contributed by atoms with van der Waals surface area (Å²) in [4.78, 5) is 4.79. The van der Waals surface area contributed by atoms with Crippen molar-refractivity contribution in [2.75, 3.05) is 5.73 Å². The Morgan fingerprint density at radius 2 is 2.22 bits per heavy atom. The van der Waals surface area contributed by atoms with E-state index < -0.39 is 10.0 Å². The summed E-state index contributed by atoms with van der Waals surface area (Å²) >= 11 is 4.61. The Morgan fingerprint density at radius 1 is 1.44 bits per heavy atom. The van der Waals surface area contributed by atoms with Crippen molar-refractivity contribution in [3.63, 3.8) is 0 Å². The molecule has 0 aliphatic heterocycles. The lowest BCUT2D eigenvalue weighted by molar-refractivity contribution is 0.582. The standard InChI is InChI=1S/C10H10BrN3O2S2/c11-7-1-2-9(12)10(3-7)18(15,16)14-5-8-4-13-6-17-8/h1-4,6,14H,5,12H2. The van der Waals surface area contributed by atoms with E-state index in [0.29, 0.717) is 4.47 Å². The third kappa shape index (κ3) is 3.08. The highest BCUT2D eigenvalue weighted by atomic mass is 79.9. The van der Waals surface area contributed by atoms with E-state index in [4.69, 9.17) is 5.73 Å². The van der Waals surface area contributed by atoms with Crippen molar-refractivity contribution in [2.45, 2.75) is 11.4 Å². The van der Waals surface area contributed by atoms with Gasteiger partial charge in [0, 0.05) is 22.1 Å². The predicted octanol–water partition coefficient (Wildman–Crippen LogP) is 1.97. The number of anilines is 1. The van der Waals surface area contributed by atoms with Crippen LogP contribution in [0.4, 0.5) is 5.69 Å². The van der Waals surface area contributed by atoms with Crippen LogP contribution in [0, 0.1) is 0 Å². The molecule has 0 aliphatic rings. The number of hydrogen-bond donors (Lipinski definition) is 2. The van der Waals surface area contributed by atoms with Gasteiger partial charge in [-0.1, -0.05) is 15.9 Å². The van der Waals surface area contributed by atoms with Gasteiger partial charge in [0.2, 0.25) is 10.0 Å². The van der Waals surface area contributed by atoms with Gasteiger partial charge in [-0.05, 0) is 18.2 Å². The molecule has 5 nitrogen and oxygen atoms in total. The van der Waals surface area contributed by atoms with Crippen LogP contribution in [0.3, 0.4) is 0 Å². The number of nitrogens with one attached hydrogen (secondary N) is 1. The Kier molecular flexibility index (Phi) is 4.00. The summed E-state index contributed by atoms with van der Waals surface area (Å²) in [5.74, 6) is 0. The van der Waals surface area contributed by atoms with Gasteiger partial charge in [-0.2, -0.15) is 0 Å². The molecule has 8 heteroatoms. The van der Waals surface area contributed by atoms with Gasteiger partial charge in [0.15, 0.2) is 0 Å². The Hall–Kier alpha value is -0.960. The molecule has 0 spiro atoms. The highest BCUT2D eigenvalue weighted by Gasteiger charge is 2.17. The summed E-state index contributed by atoms with van der Waals surface area (Å²) < 4.78 is 27.3. The van der Waals surface area contributed by atoms with Gasteiger partial charge in [0.25, 0.3) is 0 Å². The average molecular weight is 348 g/mol. The van der Waals surface area contributed by atoms with E-state index in [1.807, 2.05) is 0 Å². The van der Waals surface area contributed by atoms with Gasteiger partial charge in [0.1, 0.15) is 4.90 Å². The van der Waals surface area contributed by atoms with Crippen LogP contribution in [0.2, 0.25) is 0 Å². The maximum Gasteiger partial charge on any atom is 0.242 e. The zero-order valence-electron chi connectivity index (χ0n) is 9.13. The number of hydrogen-bond acceptors (Lipinski definition) is 5. The fourth-order valence-electron chi connectivity index (χ4n) is 1.31. The Balaban J connectivity index is 2.22. The molecule has 0 amide bonds. The van der Waals surface area contributed by atoms with Crippen molar-refractivity contribution >= 4 is 43.0 Å². The van der Waals surface area contributed by atoms with E-state index in [0.717, 1.165) is 4.88 Å². The van der Waals surface area contributed by atoms with Crippen LogP contribution in [0.15, 0.2) is 39.3 Å². The maximum atomic E-state index is 12.1. The molecule has 0 radical (unpaired) electrons. The average Bonchev–Trinajstić information content (AvgIpc) is 2.83. The molecule has 0 unspecified atom stereocenters. The molecule has 0 fully saturated rings. The van der Waals surface area contributed by atoms with Crippen molar-refractivity contribution in [1.82, 2.24) is 9.71 Å². The first kappa shape index (κ1) is 13.5. The van der Waals surface area contributed by atoms with Crippen LogP contribution in [-0.4, -0.2) is 13.4 Å². The van der Waals surface area contributed by atoms with E-state index in [1.165, 1.54) is 17.4 Å². The van der Waals surface area contributed by atoms with Crippen molar-refractivity contribution in [3.8, 4) is 0 Å². The highest BCUT2D eigenvalue weighted by molar-refractivity contribution is 9.10. The molecule has 1 aromatic heterocycles. The lowest BCUT2D eigenvalue weighted by Gasteiger charge is -2.08. The zero-order valence-corrected chi connectivity index (χ0v) is 12.3. The summed E-state index contributed by atoms with van der Waals surface area (Å²) in [5, 5.41) is 0. The van der Waals surface area contributed by atoms with Crippen LogP contribution >= 0.6 is 27.3 Å². The maximum absolute atomic E-state index is 12.1. The number of sulfonamides is 1. The van der Waals surface area contributed by atoms with Gasteiger partial charge >= 0.3 is 0 Å². The van der Waals surface area contributed by atoms with Crippen LogP contribution in [0.1, 0.15) is 4.88 Å². The molecule has 1 aromatic carbocycles. The summed E-state index contributed by atoms with van der Waals surface area (Å²) in [7, 11) is -3.62. The minimum absolute atomic E-state index is 0.0707. The summed E-state index contributed by atoms with van der Waals surface area (Å²) in [6.45, 7) is 0.207. The minimum atomic E-state index is -3.62. The smallest absolute Gasteiger partial charge is 0.242 e. The van der Waals surface area contributed by atoms with Gasteiger partial charge in [0.05, 0.1) is 11.2 Å². The first-order valence-electron chi connectivity index (χ1n) is 4.91. The predicted molar refractivity (Wildman–Crippen MR) is 74.7 cm³/mol. The Labute approximate surface area is 117 Å². The molecule has 0 aliphatic carbocycles. The second-order valence-electron chi connectivity index (χ2n) is 3.47. The molecule has 0 saturated heterocycles. The Morgan fingerprint density at radius 3 is 2.89 bits per heavy atom. The number of nitrogens with two attached hydrogens (primary N) is 1. The summed E-state index contributed by atoms with van der Waals surface area (Å²) in [6, 6.07) is 4.72. The van der Waals surface area contributed by atoms with Crippen molar-refractivity contribution in [2.24, 2.45) is 0 Å². The number of thiazole rings is 1. The van der Waals surface area contributed by atoms with Crippen LogP contribution < -0.4 is 10.5 Å². The molecule has 0 atom stereocenters. The van der Waals surface area contributed by atoms with Crippen molar-refractivity contribution in [3.05, 3.63) is 39.3 Å². The molecule has 3 N–H and O–H groups in total. The number of benzene rings is 1. The largest absolute Gasteiger partial charge is 0.398 e. The molecule has 1 heterocycles. The SMILES string of the molecule is Nc1ccc(Br)cc1S(=O)(=O)NCc1cncs1. The van der Waals surface area contributed by atoms with Crippen molar-refractivity contribution < 1.29 is 8.42 Å². The molecule has 18 heavy (non-hydrogen) atoms. The molecule has 96 valence electrons. The second-order valence-corrected chi connectivity index (χ2v) is 7.10. The van der Waals surface area contributed by atoms with Gasteiger partial charge in [-0.3, -0.25) is 4.98 Å². The fraction of sp³-hybridized carbons (Fsp3) is 0.100. The molecule has 2 aromatic rings. The monoisotopic (exact) mass is 347 g/mol. The molecule has 2 rings (SSSR count). The summed E-state index contributed by atoms with van der Waals surface area (Å²) in [5.41, 5.74) is 7.54. The topological polar surface area (TPSA) is 85.1 Å². The number of rotatable bonds is 4. The molecule has 0 bridgehead atoms. The van der Waals surface area contributed by atoms with E-state index in [-0.39, 0.29) is 17.1 Å². The first-order chi connectivity index (χ1) is 8.49. The fourth-order valence-corrected chi connectivity index (χ4v) is 3.61. The lowest BCUT2D eigenvalue weighted by Crippen LogP contribution is -2.23. The number of aromatic nitrogens is 1. The first-order valence-corrected chi connectivity index (χ1v) is 8.07. The Bertz CT molecular complexity index is 641. The quantitative estimate of drug-likeness (QED) is 0.828. The normalized spacial score (nSPS) is 11.6. The second kappa shape index (κ2) is 5.35. The number of nitrogen functional groups attached to an aromatic ring is 1. The number of halogens is 1. The van der Waals surface area contributed by atoms with Crippen LogP contribution in [0.25, 0.3) is 0 Å². The van der Waals surface area contributed by atoms with Gasteiger partial charge in [-0.15, -0.1) is 11.3 Å². The molecule has 0 saturated carbocycles. The van der Waals surface area contributed by atoms with E-state index in [1.54, 1.807) is 23.8 Å². The lowest BCUT2D eigenvalue weighted by atomic mass is 10.3. The van der Waals surface area contributed by atoms with Crippen LogP contribution in [-0.2, 0) is 16.6 Å². The van der Waals surface area contributed by atoms with Gasteiger partial charge < -0.3 is 5.73 Å². The third-order valence-electron chi connectivity index (χ3n) is 2.19. The number of nitrogens with zero attached hydrogens (tertiary/aromatic N) is 1. The minimum Gasteiger partial charge on any atom is -0.398 e. The third-order valence-corrected chi connectivity index (χ3v) is 4.91. The molecular formula is C10H10BrN3O2S2. The highest BCUT2D eigenvalue weighted by Crippen LogP contribution is 2.23. The van der Waals surface area contributed by atoms with E-state index in [2.05, 4.69) is 25.6 Å².